The number of carbonyl (C=O) groups is 1. The van der Waals surface area contributed by atoms with Gasteiger partial charge in [0.15, 0.2) is 11.6 Å². The van der Waals surface area contributed by atoms with Gasteiger partial charge in [0.25, 0.3) is 0 Å². The molecule has 124 valence electrons. The predicted octanol–water partition coefficient (Wildman–Crippen LogP) is 2.88. The van der Waals surface area contributed by atoms with E-state index in [1.807, 2.05) is 0 Å². The lowest BCUT2D eigenvalue weighted by Gasteiger charge is -2.11. The smallest absolute Gasteiger partial charge is 0.387 e. The molecule has 3 N–H and O–H groups in total. The zero-order chi connectivity index (χ0) is 16.8. The lowest BCUT2D eigenvalue weighted by atomic mass is 10.2. The number of nitrogens with one attached hydrogen (secondary N) is 2. The number of amides is 2. The Morgan fingerprint density at radius 1 is 1.35 bits per heavy atom. The fourth-order valence-electron chi connectivity index (χ4n) is 1.72. The van der Waals surface area contributed by atoms with E-state index in [0.29, 0.717) is 0 Å². The van der Waals surface area contributed by atoms with Crippen molar-refractivity contribution in [1.29, 1.82) is 0 Å². The van der Waals surface area contributed by atoms with Crippen LogP contribution in [0.2, 0.25) is 0 Å². The summed E-state index contributed by atoms with van der Waals surface area (Å²) in [4.78, 5) is 11.6. The van der Waals surface area contributed by atoms with Gasteiger partial charge in [-0.15, -0.1) is 0 Å². The predicted molar refractivity (Wildman–Crippen MR) is 73.7 cm³/mol. The first kappa shape index (κ1) is 16.7. The van der Waals surface area contributed by atoms with Crippen LogP contribution in [-0.4, -0.2) is 24.3 Å². The van der Waals surface area contributed by atoms with Crippen molar-refractivity contribution in [2.45, 2.75) is 12.7 Å². The molecule has 1 atom stereocenters. The Labute approximate surface area is 128 Å². The van der Waals surface area contributed by atoms with Gasteiger partial charge in [0.2, 0.25) is 0 Å². The van der Waals surface area contributed by atoms with Gasteiger partial charge in [0.1, 0.15) is 11.9 Å². The summed E-state index contributed by atoms with van der Waals surface area (Å²) in [7, 11) is 0. The summed E-state index contributed by atoms with van der Waals surface area (Å²) in [6, 6.07) is 5.42. The molecule has 0 fully saturated rings. The third kappa shape index (κ3) is 4.92. The van der Waals surface area contributed by atoms with E-state index >= 15 is 0 Å². The molecular weight excluding hydrogens is 317 g/mol. The van der Waals surface area contributed by atoms with Crippen molar-refractivity contribution in [3.63, 3.8) is 0 Å². The minimum atomic E-state index is -3.14. The molecule has 6 nitrogen and oxygen atoms in total. The van der Waals surface area contributed by atoms with Gasteiger partial charge >= 0.3 is 12.6 Å². The molecule has 0 saturated heterocycles. The molecule has 1 aromatic heterocycles. The Morgan fingerprint density at radius 2 is 2.13 bits per heavy atom. The minimum absolute atomic E-state index is 0.0362. The molecule has 0 aliphatic carbocycles. The molecular formula is C14H13F3N2O4. The first-order valence-corrected chi connectivity index (χ1v) is 6.46. The van der Waals surface area contributed by atoms with Crippen molar-refractivity contribution >= 4 is 11.7 Å². The Kier molecular flexibility index (Phi) is 5.47. The topological polar surface area (TPSA) is 83.7 Å². The quantitative estimate of drug-likeness (QED) is 0.760. The van der Waals surface area contributed by atoms with Crippen molar-refractivity contribution < 1.29 is 32.2 Å². The second-order valence-electron chi connectivity index (χ2n) is 4.39. The maximum atomic E-state index is 13.5. The van der Waals surface area contributed by atoms with Gasteiger partial charge in [0, 0.05) is 11.8 Å². The van der Waals surface area contributed by atoms with Crippen molar-refractivity contribution in [3.8, 4) is 5.75 Å². The molecule has 0 aliphatic heterocycles. The van der Waals surface area contributed by atoms with Crippen molar-refractivity contribution in [1.82, 2.24) is 5.32 Å². The van der Waals surface area contributed by atoms with E-state index in [0.717, 1.165) is 12.1 Å². The van der Waals surface area contributed by atoms with Crippen LogP contribution in [0.3, 0.4) is 0 Å². The number of furan rings is 1. The van der Waals surface area contributed by atoms with Crippen LogP contribution in [0.1, 0.15) is 11.9 Å². The summed E-state index contributed by atoms with van der Waals surface area (Å²) in [5, 5.41) is 14.3. The highest BCUT2D eigenvalue weighted by Crippen LogP contribution is 2.22. The van der Waals surface area contributed by atoms with Crippen LogP contribution >= 0.6 is 0 Å². The van der Waals surface area contributed by atoms with E-state index < -0.39 is 30.3 Å². The van der Waals surface area contributed by atoms with Gasteiger partial charge in [-0.2, -0.15) is 8.78 Å². The van der Waals surface area contributed by atoms with Gasteiger partial charge in [-0.25, -0.2) is 9.18 Å². The summed E-state index contributed by atoms with van der Waals surface area (Å²) in [5.41, 5.74) is 0.0362. The van der Waals surface area contributed by atoms with Crippen LogP contribution in [0.25, 0.3) is 0 Å². The zero-order valence-electron chi connectivity index (χ0n) is 11.6. The molecule has 2 amide bonds. The lowest BCUT2D eigenvalue weighted by molar-refractivity contribution is -0.0521. The Balaban J connectivity index is 1.86. The molecule has 23 heavy (non-hydrogen) atoms. The summed E-state index contributed by atoms with van der Waals surface area (Å²) in [6.45, 7) is -3.27. The first-order valence-electron chi connectivity index (χ1n) is 6.46. The van der Waals surface area contributed by atoms with Gasteiger partial charge in [0.05, 0.1) is 12.8 Å². The molecule has 9 heteroatoms. The van der Waals surface area contributed by atoms with E-state index in [2.05, 4.69) is 15.4 Å². The first-order chi connectivity index (χ1) is 11.0. The number of benzene rings is 1. The minimum Gasteiger partial charge on any atom is -0.467 e. The van der Waals surface area contributed by atoms with E-state index in [4.69, 9.17) is 4.42 Å². The maximum absolute atomic E-state index is 13.5. The largest absolute Gasteiger partial charge is 0.467 e. The average Bonchev–Trinajstić information content (AvgIpc) is 3.01. The third-order valence-electron chi connectivity index (χ3n) is 2.73. The number of aliphatic hydroxyl groups is 1. The van der Waals surface area contributed by atoms with Crippen LogP contribution in [-0.2, 0) is 0 Å². The molecule has 1 aromatic carbocycles. The number of hydrogen-bond donors (Lipinski definition) is 3. The lowest BCUT2D eigenvalue weighted by Crippen LogP contribution is -2.32. The third-order valence-corrected chi connectivity index (χ3v) is 2.73. The number of ether oxygens (including phenoxy) is 1. The van der Waals surface area contributed by atoms with Crippen LogP contribution in [0.15, 0.2) is 41.0 Å². The summed E-state index contributed by atoms with van der Waals surface area (Å²) in [6.07, 6.45) is 0.346. The summed E-state index contributed by atoms with van der Waals surface area (Å²) in [5.74, 6) is -1.39. The number of rotatable bonds is 6. The molecule has 0 bridgehead atoms. The molecule has 1 heterocycles. The summed E-state index contributed by atoms with van der Waals surface area (Å²) < 4.78 is 46.4. The molecule has 0 spiro atoms. The fraction of sp³-hybridized carbons (Fsp3) is 0.214. The highest BCUT2D eigenvalue weighted by Gasteiger charge is 2.13. The van der Waals surface area contributed by atoms with Crippen molar-refractivity contribution in [2.24, 2.45) is 0 Å². The Hall–Kier alpha value is -2.68. The highest BCUT2D eigenvalue weighted by molar-refractivity contribution is 5.89. The number of alkyl halides is 2. The molecule has 1 unspecified atom stereocenters. The zero-order valence-corrected chi connectivity index (χ0v) is 11.6. The summed E-state index contributed by atoms with van der Waals surface area (Å²) >= 11 is 0. The van der Waals surface area contributed by atoms with Gasteiger partial charge in [-0.05, 0) is 24.3 Å². The number of halogens is 3. The molecule has 0 saturated carbocycles. The number of hydrogen-bond acceptors (Lipinski definition) is 4. The van der Waals surface area contributed by atoms with Gasteiger partial charge in [-0.1, -0.05) is 0 Å². The number of anilines is 1. The normalized spacial score (nSPS) is 12.0. The Bertz CT molecular complexity index is 649. The van der Waals surface area contributed by atoms with Crippen molar-refractivity contribution in [2.75, 3.05) is 11.9 Å². The number of urea groups is 1. The van der Waals surface area contributed by atoms with Crippen LogP contribution in [0.4, 0.5) is 23.7 Å². The highest BCUT2D eigenvalue weighted by atomic mass is 19.3. The van der Waals surface area contributed by atoms with E-state index in [-0.39, 0.29) is 18.0 Å². The molecule has 2 rings (SSSR count). The monoisotopic (exact) mass is 330 g/mol. The van der Waals surface area contributed by atoms with Crippen LogP contribution in [0.5, 0.6) is 5.75 Å². The maximum Gasteiger partial charge on any atom is 0.387 e. The Morgan fingerprint density at radius 3 is 2.74 bits per heavy atom. The fourth-order valence-corrected chi connectivity index (χ4v) is 1.72. The molecule has 0 radical (unpaired) electrons. The van der Waals surface area contributed by atoms with Crippen LogP contribution in [0, 0.1) is 5.82 Å². The second-order valence-corrected chi connectivity index (χ2v) is 4.39. The SMILES string of the molecule is O=C(NCC(O)c1ccco1)Nc1ccc(OC(F)F)c(F)c1. The molecule has 0 aliphatic rings. The van der Waals surface area contributed by atoms with Gasteiger partial charge in [-0.3, -0.25) is 0 Å². The standard InChI is InChI=1S/C14H13F3N2O4/c15-9-6-8(3-4-11(9)23-13(16)17)19-14(21)18-7-10(20)12-2-1-5-22-12/h1-6,10,13,20H,7H2,(H2,18,19,21). The van der Waals surface area contributed by atoms with E-state index in [1.165, 1.54) is 12.3 Å². The van der Waals surface area contributed by atoms with E-state index in [9.17, 15) is 23.1 Å². The number of aliphatic hydroxyl groups excluding tert-OH is 1. The van der Waals surface area contributed by atoms with E-state index in [1.54, 1.807) is 12.1 Å². The van der Waals surface area contributed by atoms with Crippen molar-refractivity contribution in [3.05, 3.63) is 48.2 Å². The number of carbonyl (C=O) groups excluding carboxylic acids is 1. The van der Waals surface area contributed by atoms with Gasteiger partial charge < -0.3 is 24.9 Å². The second kappa shape index (κ2) is 7.54. The van der Waals surface area contributed by atoms with Crippen LogP contribution < -0.4 is 15.4 Å². The molecule has 2 aromatic rings. The average molecular weight is 330 g/mol.